The number of hydrogen-bond acceptors (Lipinski definition) is 3. The molecular formula is C10H10BrN3S. The molecule has 15 heavy (non-hydrogen) atoms. The molecular weight excluding hydrogens is 274 g/mol. The quantitative estimate of drug-likeness (QED) is 0.806. The molecule has 0 bridgehead atoms. The molecule has 0 spiro atoms. The Bertz CT molecular complexity index is 490. The fraction of sp³-hybridized carbons (Fsp3) is 0.400. The van der Waals surface area contributed by atoms with Crippen LogP contribution in [0.4, 0.5) is 0 Å². The average Bonchev–Trinajstić information content (AvgIpc) is 2.85. The van der Waals surface area contributed by atoms with Gasteiger partial charge in [0.1, 0.15) is 5.52 Å². The van der Waals surface area contributed by atoms with Crippen LogP contribution >= 0.6 is 27.7 Å². The van der Waals surface area contributed by atoms with Crippen molar-refractivity contribution < 1.29 is 0 Å². The summed E-state index contributed by atoms with van der Waals surface area (Å²) >= 11 is 5.49. The standard InChI is InChI=1S/C10H10BrN3S/c11-8-2-1-3-9-10(8)12-13-14(9)7-4-5-15-6-7/h1-3,7H,4-6H2. The molecule has 2 heterocycles. The zero-order chi connectivity index (χ0) is 10.3. The zero-order valence-corrected chi connectivity index (χ0v) is 10.5. The molecule has 1 aliphatic heterocycles. The van der Waals surface area contributed by atoms with Crippen LogP contribution in [0.1, 0.15) is 12.5 Å². The van der Waals surface area contributed by atoms with E-state index in [9.17, 15) is 0 Å². The summed E-state index contributed by atoms with van der Waals surface area (Å²) in [5.41, 5.74) is 2.10. The second kappa shape index (κ2) is 3.79. The number of nitrogens with zero attached hydrogens (tertiary/aromatic N) is 3. The van der Waals surface area contributed by atoms with Crippen LogP contribution in [0.3, 0.4) is 0 Å². The van der Waals surface area contributed by atoms with E-state index in [1.54, 1.807) is 0 Å². The predicted octanol–water partition coefficient (Wildman–Crippen LogP) is 2.87. The van der Waals surface area contributed by atoms with Crippen molar-refractivity contribution in [3.8, 4) is 0 Å². The Kier molecular flexibility index (Phi) is 2.44. The molecule has 1 aromatic carbocycles. The highest BCUT2D eigenvalue weighted by Crippen LogP contribution is 2.30. The Morgan fingerprint density at radius 2 is 2.40 bits per heavy atom. The summed E-state index contributed by atoms with van der Waals surface area (Å²) in [6.07, 6.45) is 1.20. The highest BCUT2D eigenvalue weighted by molar-refractivity contribution is 9.10. The second-order valence-electron chi connectivity index (χ2n) is 3.66. The maximum Gasteiger partial charge on any atom is 0.127 e. The first-order valence-corrected chi connectivity index (χ1v) is 6.88. The molecule has 0 radical (unpaired) electrons. The van der Waals surface area contributed by atoms with Gasteiger partial charge in [-0.2, -0.15) is 11.8 Å². The van der Waals surface area contributed by atoms with E-state index in [1.165, 1.54) is 12.2 Å². The molecule has 0 saturated carbocycles. The van der Waals surface area contributed by atoms with Crippen molar-refractivity contribution in [2.45, 2.75) is 12.5 Å². The SMILES string of the molecule is Brc1cccc2c1nnn2C1CCSC1. The molecule has 78 valence electrons. The van der Waals surface area contributed by atoms with E-state index in [0.29, 0.717) is 6.04 Å². The predicted molar refractivity (Wildman–Crippen MR) is 66.2 cm³/mol. The van der Waals surface area contributed by atoms with E-state index in [2.05, 4.69) is 37.0 Å². The van der Waals surface area contributed by atoms with Crippen LogP contribution < -0.4 is 0 Å². The van der Waals surface area contributed by atoms with Crippen molar-refractivity contribution in [2.75, 3.05) is 11.5 Å². The van der Waals surface area contributed by atoms with Crippen LogP contribution in [0, 0.1) is 0 Å². The third-order valence-electron chi connectivity index (χ3n) is 2.70. The molecule has 1 fully saturated rings. The summed E-state index contributed by atoms with van der Waals surface area (Å²) in [5.74, 6) is 2.39. The maximum absolute atomic E-state index is 4.26. The van der Waals surface area contributed by atoms with Crippen molar-refractivity contribution in [2.24, 2.45) is 0 Å². The first-order valence-electron chi connectivity index (χ1n) is 4.93. The van der Waals surface area contributed by atoms with E-state index in [-0.39, 0.29) is 0 Å². The Morgan fingerprint density at radius 1 is 1.47 bits per heavy atom. The molecule has 3 nitrogen and oxygen atoms in total. The van der Waals surface area contributed by atoms with Crippen molar-refractivity contribution in [1.82, 2.24) is 15.0 Å². The molecule has 0 amide bonds. The molecule has 1 aromatic heterocycles. The lowest BCUT2D eigenvalue weighted by Crippen LogP contribution is -2.09. The number of aromatic nitrogens is 3. The van der Waals surface area contributed by atoms with Gasteiger partial charge in [-0.1, -0.05) is 11.3 Å². The number of benzene rings is 1. The lowest BCUT2D eigenvalue weighted by atomic mass is 10.2. The minimum atomic E-state index is 0.522. The molecule has 0 N–H and O–H groups in total. The van der Waals surface area contributed by atoms with E-state index in [1.807, 2.05) is 23.9 Å². The molecule has 1 unspecified atom stereocenters. The van der Waals surface area contributed by atoms with E-state index < -0.39 is 0 Å². The topological polar surface area (TPSA) is 30.7 Å². The van der Waals surface area contributed by atoms with Crippen LogP contribution in [-0.2, 0) is 0 Å². The van der Waals surface area contributed by atoms with Crippen LogP contribution in [0.5, 0.6) is 0 Å². The van der Waals surface area contributed by atoms with Gasteiger partial charge in [-0.25, -0.2) is 4.68 Å². The fourth-order valence-corrected chi connectivity index (χ4v) is 3.53. The van der Waals surface area contributed by atoms with E-state index in [4.69, 9.17) is 0 Å². The van der Waals surface area contributed by atoms with Crippen molar-refractivity contribution in [1.29, 1.82) is 0 Å². The lowest BCUT2D eigenvalue weighted by molar-refractivity contribution is 0.501. The van der Waals surface area contributed by atoms with Gasteiger partial charge in [0.05, 0.1) is 11.6 Å². The monoisotopic (exact) mass is 283 g/mol. The van der Waals surface area contributed by atoms with Crippen LogP contribution in [0.25, 0.3) is 11.0 Å². The molecule has 5 heteroatoms. The van der Waals surface area contributed by atoms with Gasteiger partial charge in [-0.3, -0.25) is 0 Å². The number of halogens is 1. The molecule has 1 aliphatic rings. The second-order valence-corrected chi connectivity index (χ2v) is 5.66. The fourth-order valence-electron chi connectivity index (χ4n) is 1.91. The molecule has 2 aromatic rings. The number of fused-ring (bicyclic) bond motifs is 1. The van der Waals surface area contributed by atoms with Crippen molar-refractivity contribution in [3.05, 3.63) is 22.7 Å². The van der Waals surface area contributed by atoms with Gasteiger partial charge < -0.3 is 0 Å². The van der Waals surface area contributed by atoms with Crippen LogP contribution in [0.2, 0.25) is 0 Å². The third kappa shape index (κ3) is 1.58. The smallest absolute Gasteiger partial charge is 0.127 e. The van der Waals surface area contributed by atoms with Crippen molar-refractivity contribution in [3.63, 3.8) is 0 Å². The normalized spacial score (nSPS) is 21.3. The number of hydrogen-bond donors (Lipinski definition) is 0. The largest absolute Gasteiger partial charge is 0.241 e. The van der Waals surface area contributed by atoms with Gasteiger partial charge in [0.25, 0.3) is 0 Å². The van der Waals surface area contributed by atoms with Crippen molar-refractivity contribution >= 4 is 38.7 Å². The molecule has 3 rings (SSSR count). The minimum absolute atomic E-state index is 0.522. The Hall–Kier alpha value is -0.550. The van der Waals surface area contributed by atoms with E-state index in [0.717, 1.165) is 21.3 Å². The third-order valence-corrected chi connectivity index (χ3v) is 4.49. The summed E-state index contributed by atoms with van der Waals surface area (Å²) in [7, 11) is 0. The highest BCUT2D eigenvalue weighted by atomic mass is 79.9. The lowest BCUT2D eigenvalue weighted by Gasteiger charge is -2.08. The Morgan fingerprint density at radius 3 is 3.20 bits per heavy atom. The average molecular weight is 284 g/mol. The summed E-state index contributed by atoms with van der Waals surface area (Å²) < 4.78 is 3.09. The summed E-state index contributed by atoms with van der Waals surface area (Å²) in [4.78, 5) is 0. The summed E-state index contributed by atoms with van der Waals surface area (Å²) in [6, 6.07) is 6.65. The van der Waals surface area contributed by atoms with Gasteiger partial charge in [0.2, 0.25) is 0 Å². The summed E-state index contributed by atoms with van der Waals surface area (Å²) in [5, 5.41) is 8.48. The van der Waals surface area contributed by atoms with Gasteiger partial charge in [-0.15, -0.1) is 5.10 Å². The minimum Gasteiger partial charge on any atom is -0.241 e. The number of thioether (sulfide) groups is 1. The summed E-state index contributed by atoms with van der Waals surface area (Å²) in [6.45, 7) is 0. The van der Waals surface area contributed by atoms with Crippen LogP contribution in [0.15, 0.2) is 22.7 Å². The van der Waals surface area contributed by atoms with E-state index >= 15 is 0 Å². The molecule has 0 aliphatic carbocycles. The maximum atomic E-state index is 4.26. The van der Waals surface area contributed by atoms with Crippen LogP contribution in [-0.4, -0.2) is 26.5 Å². The molecule has 1 saturated heterocycles. The van der Waals surface area contributed by atoms with Gasteiger partial charge in [-0.05, 0) is 40.2 Å². The highest BCUT2D eigenvalue weighted by Gasteiger charge is 2.20. The Balaban J connectivity index is 2.15. The molecule has 1 atom stereocenters. The van der Waals surface area contributed by atoms with Gasteiger partial charge in [0, 0.05) is 10.2 Å². The number of rotatable bonds is 1. The Labute approximate surface area is 100 Å². The van der Waals surface area contributed by atoms with Gasteiger partial charge in [0.15, 0.2) is 0 Å². The zero-order valence-electron chi connectivity index (χ0n) is 8.06. The van der Waals surface area contributed by atoms with Gasteiger partial charge >= 0.3 is 0 Å². The first kappa shape index (κ1) is 9.66. The first-order chi connectivity index (χ1) is 7.36.